The maximum Gasteiger partial charge on any atom is 0.442 e. The van der Waals surface area contributed by atoms with Crippen LogP contribution in [0.4, 0.5) is 0 Å². The van der Waals surface area contributed by atoms with Gasteiger partial charge in [-0.05, 0) is 43.7 Å². The van der Waals surface area contributed by atoms with Crippen LogP contribution in [0.15, 0.2) is 97.1 Å². The van der Waals surface area contributed by atoms with Crippen molar-refractivity contribution in [1.29, 1.82) is 0 Å². The minimum Gasteiger partial charge on any atom is -0.415 e. The van der Waals surface area contributed by atoms with Crippen LogP contribution in [0, 0.1) is 6.92 Å². The third kappa shape index (κ3) is 5.04. The van der Waals surface area contributed by atoms with Crippen LogP contribution < -0.4 is 9.05 Å². The molecule has 0 saturated carbocycles. The lowest BCUT2D eigenvalue weighted by molar-refractivity contribution is -0.113. The van der Waals surface area contributed by atoms with E-state index in [0.717, 1.165) is 5.56 Å². The van der Waals surface area contributed by atoms with E-state index in [9.17, 15) is 9.36 Å². The van der Waals surface area contributed by atoms with Crippen molar-refractivity contribution in [1.82, 2.24) is 0 Å². The summed E-state index contributed by atoms with van der Waals surface area (Å²) in [5.74, 6) is 0.504. The van der Waals surface area contributed by atoms with E-state index in [4.69, 9.17) is 9.05 Å². The molecule has 0 amide bonds. The van der Waals surface area contributed by atoms with Crippen molar-refractivity contribution in [2.24, 2.45) is 0 Å². The molecule has 0 N–H and O–H groups in total. The summed E-state index contributed by atoms with van der Waals surface area (Å²) in [6.45, 7) is 7.28. The van der Waals surface area contributed by atoms with Crippen LogP contribution in [0.5, 0.6) is 11.5 Å². The summed E-state index contributed by atoms with van der Waals surface area (Å²) in [5, 5.41) is 0. The number of carbonyl (C=O) groups is 1. The minimum atomic E-state index is -3.94. The van der Waals surface area contributed by atoms with Gasteiger partial charge in [0.15, 0.2) is 5.78 Å². The Bertz CT molecular complexity index is 982. The second-order valence-electron chi connectivity index (χ2n) is 6.74. The zero-order chi connectivity index (χ0) is 20.9. The number of allylic oxidation sites excluding steroid dienone is 1. The Hall–Kier alpha value is -3.10. The first-order valence-corrected chi connectivity index (χ1v) is 10.9. The van der Waals surface area contributed by atoms with Gasteiger partial charge >= 0.3 is 7.60 Å². The van der Waals surface area contributed by atoms with Gasteiger partial charge in [-0.2, -0.15) is 0 Å². The van der Waals surface area contributed by atoms with Crippen molar-refractivity contribution in [3.8, 4) is 11.5 Å². The van der Waals surface area contributed by atoms with Gasteiger partial charge in [0.1, 0.15) is 17.2 Å². The van der Waals surface area contributed by atoms with Gasteiger partial charge in [-0.3, -0.25) is 4.79 Å². The van der Waals surface area contributed by atoms with Crippen molar-refractivity contribution < 1.29 is 18.4 Å². The van der Waals surface area contributed by atoms with Gasteiger partial charge in [0.25, 0.3) is 0 Å². The van der Waals surface area contributed by atoms with Crippen LogP contribution in [-0.2, 0) is 9.36 Å². The molecule has 3 aromatic carbocycles. The molecule has 0 aromatic heterocycles. The first-order valence-electron chi connectivity index (χ1n) is 9.24. The van der Waals surface area contributed by atoms with E-state index in [1.807, 2.05) is 43.3 Å². The lowest BCUT2D eigenvalue weighted by Crippen LogP contribution is -2.16. The molecule has 0 spiro atoms. The fourth-order valence-corrected chi connectivity index (χ4v) is 5.08. The first-order chi connectivity index (χ1) is 13.9. The van der Waals surface area contributed by atoms with E-state index in [0.29, 0.717) is 17.1 Å². The highest BCUT2D eigenvalue weighted by molar-refractivity contribution is 7.55. The van der Waals surface area contributed by atoms with Crippen LogP contribution in [0.1, 0.15) is 23.7 Å². The molecule has 29 heavy (non-hydrogen) atoms. The van der Waals surface area contributed by atoms with Gasteiger partial charge in [0.2, 0.25) is 0 Å². The molecule has 3 aromatic rings. The van der Waals surface area contributed by atoms with E-state index >= 15 is 0 Å². The van der Waals surface area contributed by atoms with Crippen molar-refractivity contribution in [3.63, 3.8) is 0 Å². The van der Waals surface area contributed by atoms with Crippen LogP contribution in [0.25, 0.3) is 0 Å². The quantitative estimate of drug-likeness (QED) is 0.315. The smallest absolute Gasteiger partial charge is 0.415 e. The predicted octanol–water partition coefficient (Wildman–Crippen LogP) is 6.53. The van der Waals surface area contributed by atoms with Crippen LogP contribution in [-0.4, -0.2) is 5.78 Å². The Kier molecular flexibility index (Phi) is 6.36. The molecular weight excluding hydrogens is 383 g/mol. The predicted molar refractivity (Wildman–Crippen MR) is 115 cm³/mol. The Balaban J connectivity index is 2.13. The normalized spacial score (nSPS) is 12.1. The molecule has 4 nitrogen and oxygen atoms in total. The van der Waals surface area contributed by atoms with Crippen molar-refractivity contribution in [2.75, 3.05) is 0 Å². The SMILES string of the molecule is C=C(C(C)=O)C(c1ccc(C)cc1)P(=O)(Oc1ccccc1)Oc1ccccc1. The molecule has 148 valence electrons. The van der Waals surface area contributed by atoms with Crippen molar-refractivity contribution in [3.05, 3.63) is 108 Å². The number of hydrogen-bond donors (Lipinski definition) is 0. The minimum absolute atomic E-state index is 0.170. The van der Waals surface area contributed by atoms with Crippen LogP contribution in [0.2, 0.25) is 0 Å². The van der Waals surface area contributed by atoms with Crippen LogP contribution >= 0.6 is 7.60 Å². The highest BCUT2D eigenvalue weighted by Crippen LogP contribution is 2.62. The summed E-state index contributed by atoms with van der Waals surface area (Å²) < 4.78 is 26.1. The van der Waals surface area contributed by atoms with Gasteiger partial charge in [0, 0.05) is 5.57 Å². The average Bonchev–Trinajstić information content (AvgIpc) is 2.71. The molecule has 3 rings (SSSR count). The number of para-hydroxylation sites is 2. The zero-order valence-electron chi connectivity index (χ0n) is 16.4. The standard InChI is InChI=1S/C24H23O4P/c1-18-14-16-21(17-15-18)24(19(2)20(3)25)29(26,27-22-10-6-4-7-11-22)28-23-12-8-5-9-13-23/h4-17,24H,2H2,1,3H3. The fourth-order valence-electron chi connectivity index (χ4n) is 2.90. The van der Waals surface area contributed by atoms with Crippen molar-refractivity contribution >= 4 is 13.4 Å². The summed E-state index contributed by atoms with van der Waals surface area (Å²) in [7, 11) is -3.94. The highest BCUT2D eigenvalue weighted by atomic mass is 31.2. The van der Waals surface area contributed by atoms with Gasteiger partial charge in [-0.15, -0.1) is 0 Å². The van der Waals surface area contributed by atoms with E-state index in [2.05, 4.69) is 6.58 Å². The summed E-state index contributed by atoms with van der Waals surface area (Å²) in [6.07, 6.45) is 0. The molecular formula is C24H23O4P. The molecule has 0 radical (unpaired) electrons. The molecule has 0 aliphatic rings. The van der Waals surface area contributed by atoms with E-state index < -0.39 is 13.3 Å². The maximum atomic E-state index is 14.2. The number of Topliss-reactive ketones (excluding diaryl/α,β-unsaturated/α-hetero) is 1. The fraction of sp³-hybridized carbons (Fsp3) is 0.125. The van der Waals surface area contributed by atoms with Gasteiger partial charge in [-0.25, -0.2) is 4.57 Å². The molecule has 0 fully saturated rings. The lowest BCUT2D eigenvalue weighted by atomic mass is 10.0. The molecule has 0 aliphatic heterocycles. The third-order valence-corrected chi connectivity index (χ3v) is 6.62. The number of ketones is 1. The number of rotatable bonds is 8. The molecule has 0 bridgehead atoms. The molecule has 0 saturated heterocycles. The highest BCUT2D eigenvalue weighted by Gasteiger charge is 2.43. The first kappa shape index (κ1) is 20.6. The largest absolute Gasteiger partial charge is 0.442 e. The summed E-state index contributed by atoms with van der Waals surface area (Å²) in [5.41, 5.74) is 0.916. The molecule has 1 atom stereocenters. The number of hydrogen-bond acceptors (Lipinski definition) is 4. The van der Waals surface area contributed by atoms with Gasteiger partial charge in [-0.1, -0.05) is 72.8 Å². The summed E-state index contributed by atoms with van der Waals surface area (Å²) in [4.78, 5) is 12.2. The number of aryl methyl sites for hydroxylation is 1. The second-order valence-corrected chi connectivity index (χ2v) is 8.70. The number of carbonyl (C=O) groups excluding carboxylic acids is 1. The third-order valence-electron chi connectivity index (χ3n) is 4.44. The Morgan fingerprint density at radius 2 is 1.28 bits per heavy atom. The average molecular weight is 406 g/mol. The van der Waals surface area contributed by atoms with Gasteiger partial charge in [0.05, 0.1) is 0 Å². The van der Waals surface area contributed by atoms with E-state index in [1.165, 1.54) is 6.92 Å². The summed E-state index contributed by atoms with van der Waals surface area (Å²) >= 11 is 0. The topological polar surface area (TPSA) is 52.6 Å². The summed E-state index contributed by atoms with van der Waals surface area (Å²) in [6, 6.07) is 25.0. The lowest BCUT2D eigenvalue weighted by Gasteiger charge is -2.28. The molecule has 0 heterocycles. The Morgan fingerprint density at radius 3 is 1.69 bits per heavy atom. The second kappa shape index (κ2) is 8.93. The molecule has 5 heteroatoms. The maximum absolute atomic E-state index is 14.2. The molecule has 1 unspecified atom stereocenters. The molecule has 0 aliphatic carbocycles. The number of benzene rings is 3. The Morgan fingerprint density at radius 1 is 0.828 bits per heavy atom. The van der Waals surface area contributed by atoms with E-state index in [-0.39, 0.29) is 11.4 Å². The monoisotopic (exact) mass is 406 g/mol. The van der Waals surface area contributed by atoms with Crippen molar-refractivity contribution in [2.45, 2.75) is 19.5 Å². The Labute approximate surface area is 171 Å². The van der Waals surface area contributed by atoms with E-state index in [1.54, 1.807) is 48.5 Å². The van der Waals surface area contributed by atoms with Crippen LogP contribution in [0.3, 0.4) is 0 Å². The zero-order valence-corrected chi connectivity index (χ0v) is 17.3. The van der Waals surface area contributed by atoms with Gasteiger partial charge < -0.3 is 9.05 Å².